The van der Waals surface area contributed by atoms with E-state index in [-0.39, 0.29) is 11.7 Å². The van der Waals surface area contributed by atoms with Crippen LogP contribution in [0.1, 0.15) is 68.9 Å². The molecule has 0 aromatic heterocycles. The van der Waals surface area contributed by atoms with E-state index in [1.54, 1.807) is 19.1 Å². The number of aliphatic hydroxyl groups is 1. The highest BCUT2D eigenvalue weighted by Crippen LogP contribution is 2.39. The summed E-state index contributed by atoms with van der Waals surface area (Å²) >= 11 is 0. The summed E-state index contributed by atoms with van der Waals surface area (Å²) in [5.41, 5.74) is 3.43. The third-order valence-corrected chi connectivity index (χ3v) is 4.78. The normalized spacial score (nSPS) is 17.7. The van der Waals surface area contributed by atoms with Crippen LogP contribution in [0, 0.1) is 0 Å². The lowest BCUT2D eigenvalue weighted by Gasteiger charge is -2.29. The maximum absolute atomic E-state index is 11.5. The molecule has 0 amide bonds. The van der Waals surface area contributed by atoms with Gasteiger partial charge in [0.1, 0.15) is 11.9 Å². The lowest BCUT2D eigenvalue weighted by molar-refractivity contribution is -0.0435. The quantitative estimate of drug-likeness (QED) is 0.694. The molecule has 142 valence electrons. The molecule has 26 heavy (non-hydrogen) atoms. The van der Waals surface area contributed by atoms with Crippen molar-refractivity contribution < 1.29 is 19.7 Å². The van der Waals surface area contributed by atoms with Gasteiger partial charge < -0.3 is 14.9 Å². The molecule has 0 saturated carbocycles. The minimum Gasteiger partial charge on any atom is -0.486 e. The fraction of sp³-hybridized carbons (Fsp3) is 0.500. The van der Waals surface area contributed by atoms with Crippen molar-refractivity contribution in [1.82, 2.24) is 0 Å². The second kappa shape index (κ2) is 8.09. The van der Waals surface area contributed by atoms with Crippen molar-refractivity contribution >= 4 is 5.97 Å². The van der Waals surface area contributed by atoms with Gasteiger partial charge in [-0.25, -0.2) is 4.79 Å². The second-order valence-electron chi connectivity index (χ2n) is 7.90. The summed E-state index contributed by atoms with van der Waals surface area (Å²) < 4.78 is 6.13. The maximum Gasteiger partial charge on any atom is 0.335 e. The molecular weight excluding hydrogens is 328 g/mol. The van der Waals surface area contributed by atoms with Gasteiger partial charge in [-0.3, -0.25) is 0 Å². The Morgan fingerprint density at radius 2 is 1.88 bits per heavy atom. The van der Waals surface area contributed by atoms with Gasteiger partial charge in [0.05, 0.1) is 11.2 Å². The minimum absolute atomic E-state index is 0.273. The van der Waals surface area contributed by atoms with Crippen LogP contribution in [0.2, 0.25) is 0 Å². The molecule has 2 rings (SSSR count). The van der Waals surface area contributed by atoms with E-state index in [4.69, 9.17) is 4.74 Å². The molecule has 0 saturated heterocycles. The fourth-order valence-electron chi connectivity index (χ4n) is 3.19. The molecule has 1 aliphatic heterocycles. The van der Waals surface area contributed by atoms with Gasteiger partial charge in [0.15, 0.2) is 0 Å². The van der Waals surface area contributed by atoms with Crippen molar-refractivity contribution in [1.29, 1.82) is 0 Å². The molecule has 2 atom stereocenters. The molecule has 1 aromatic carbocycles. The van der Waals surface area contributed by atoms with Crippen molar-refractivity contribution in [2.24, 2.45) is 0 Å². The van der Waals surface area contributed by atoms with Crippen LogP contribution in [-0.2, 0) is 12.8 Å². The summed E-state index contributed by atoms with van der Waals surface area (Å²) in [7, 11) is 0. The molecule has 0 fully saturated rings. The van der Waals surface area contributed by atoms with Crippen molar-refractivity contribution in [3.8, 4) is 5.75 Å². The standard InChI is InChI=1S/C22H30O4/c1-14(2)7-6-10-22(5,25)19-13-17-12-18(21(23)24)11-16(20(17)26-19)9-8-15(3)4/h7-8,11-12,19,25H,6,9-10,13H2,1-5H3,(H,23,24). The van der Waals surface area contributed by atoms with Crippen molar-refractivity contribution in [3.05, 3.63) is 52.1 Å². The lowest BCUT2D eigenvalue weighted by Crippen LogP contribution is -2.42. The van der Waals surface area contributed by atoms with Crippen LogP contribution in [0.3, 0.4) is 0 Å². The Kier molecular flexibility index (Phi) is 6.30. The van der Waals surface area contributed by atoms with E-state index >= 15 is 0 Å². The van der Waals surface area contributed by atoms with Gasteiger partial charge in [-0.05, 0) is 77.1 Å². The zero-order valence-corrected chi connectivity index (χ0v) is 16.4. The monoisotopic (exact) mass is 358 g/mol. The van der Waals surface area contributed by atoms with E-state index in [0.717, 1.165) is 23.3 Å². The number of hydrogen-bond acceptors (Lipinski definition) is 3. The Bertz CT molecular complexity index is 733. The summed E-state index contributed by atoms with van der Waals surface area (Å²) in [6.45, 7) is 9.91. The van der Waals surface area contributed by atoms with Crippen LogP contribution in [0.5, 0.6) is 5.75 Å². The molecule has 4 nitrogen and oxygen atoms in total. The number of allylic oxidation sites excluding steroid dienone is 4. The number of aromatic carboxylic acids is 1. The van der Waals surface area contributed by atoms with Gasteiger partial charge in [-0.2, -0.15) is 0 Å². The molecule has 2 unspecified atom stereocenters. The van der Waals surface area contributed by atoms with Gasteiger partial charge in [0, 0.05) is 6.42 Å². The van der Waals surface area contributed by atoms with Gasteiger partial charge in [-0.1, -0.05) is 23.3 Å². The number of ether oxygens (including phenoxy) is 1. The average Bonchev–Trinajstić information content (AvgIpc) is 2.96. The summed E-state index contributed by atoms with van der Waals surface area (Å²) in [6, 6.07) is 3.36. The predicted molar refractivity (Wildman–Crippen MR) is 104 cm³/mol. The predicted octanol–water partition coefficient (Wildman–Crippen LogP) is 4.69. The third-order valence-electron chi connectivity index (χ3n) is 4.78. The minimum atomic E-state index is -0.970. The molecule has 2 N–H and O–H groups in total. The Labute approximate surface area is 156 Å². The molecule has 1 aliphatic rings. The molecule has 1 aromatic rings. The number of carbonyl (C=O) groups is 1. The van der Waals surface area contributed by atoms with Gasteiger partial charge in [0.2, 0.25) is 0 Å². The smallest absolute Gasteiger partial charge is 0.335 e. The van der Waals surface area contributed by atoms with Gasteiger partial charge in [-0.15, -0.1) is 0 Å². The first-order valence-electron chi connectivity index (χ1n) is 9.15. The van der Waals surface area contributed by atoms with Crippen molar-refractivity contribution in [2.45, 2.75) is 72.0 Å². The summed E-state index contributed by atoms with van der Waals surface area (Å²) in [4.78, 5) is 11.5. The first kappa shape index (κ1) is 20.2. The molecule has 0 aliphatic carbocycles. The Morgan fingerprint density at radius 3 is 2.46 bits per heavy atom. The zero-order valence-electron chi connectivity index (χ0n) is 16.4. The van der Waals surface area contributed by atoms with Crippen LogP contribution >= 0.6 is 0 Å². The number of fused-ring (bicyclic) bond motifs is 1. The number of benzene rings is 1. The molecule has 0 bridgehead atoms. The molecular formula is C22H30O4. The van der Waals surface area contributed by atoms with Crippen LogP contribution in [0.4, 0.5) is 0 Å². The number of carboxylic acid groups (broad SMARTS) is 1. The Balaban J connectivity index is 2.27. The highest BCUT2D eigenvalue weighted by molar-refractivity contribution is 5.88. The SMILES string of the molecule is CC(C)=CCCC(C)(O)C1Cc2cc(C(=O)O)cc(CC=C(C)C)c2O1. The first-order chi connectivity index (χ1) is 12.1. The maximum atomic E-state index is 11.5. The largest absolute Gasteiger partial charge is 0.486 e. The highest BCUT2D eigenvalue weighted by atomic mass is 16.5. The second-order valence-corrected chi connectivity index (χ2v) is 7.90. The van der Waals surface area contributed by atoms with Crippen molar-refractivity contribution in [3.63, 3.8) is 0 Å². The lowest BCUT2D eigenvalue weighted by atomic mass is 9.89. The number of rotatable bonds is 7. The molecule has 0 radical (unpaired) electrons. The Hall–Kier alpha value is -2.07. The number of carboxylic acids is 1. The fourth-order valence-corrected chi connectivity index (χ4v) is 3.19. The molecule has 1 heterocycles. The molecule has 4 heteroatoms. The summed E-state index contributed by atoms with van der Waals surface area (Å²) in [6.07, 6.45) is 6.35. The van der Waals surface area contributed by atoms with Crippen LogP contribution in [0.25, 0.3) is 0 Å². The highest BCUT2D eigenvalue weighted by Gasteiger charge is 2.39. The average molecular weight is 358 g/mol. The van der Waals surface area contributed by atoms with E-state index in [1.165, 1.54) is 11.1 Å². The van der Waals surface area contributed by atoms with E-state index < -0.39 is 11.6 Å². The van der Waals surface area contributed by atoms with Crippen LogP contribution in [-0.4, -0.2) is 27.9 Å². The van der Waals surface area contributed by atoms with E-state index in [9.17, 15) is 15.0 Å². The van der Waals surface area contributed by atoms with Gasteiger partial charge in [0.25, 0.3) is 0 Å². The van der Waals surface area contributed by atoms with Crippen LogP contribution < -0.4 is 4.74 Å². The van der Waals surface area contributed by atoms with Gasteiger partial charge >= 0.3 is 5.97 Å². The third kappa shape index (κ3) is 4.98. The van der Waals surface area contributed by atoms with E-state index in [0.29, 0.717) is 19.3 Å². The topological polar surface area (TPSA) is 66.8 Å². The number of hydrogen-bond donors (Lipinski definition) is 2. The van der Waals surface area contributed by atoms with Crippen molar-refractivity contribution in [2.75, 3.05) is 0 Å². The van der Waals surface area contributed by atoms with E-state index in [2.05, 4.69) is 12.2 Å². The van der Waals surface area contributed by atoms with E-state index in [1.807, 2.05) is 27.7 Å². The zero-order chi connectivity index (χ0) is 19.5. The Morgan fingerprint density at radius 1 is 1.23 bits per heavy atom. The first-order valence-corrected chi connectivity index (χ1v) is 9.15. The summed E-state index contributed by atoms with van der Waals surface area (Å²) in [5.74, 6) is -0.204. The molecule has 0 spiro atoms. The summed E-state index contributed by atoms with van der Waals surface area (Å²) in [5, 5.41) is 20.3. The van der Waals surface area contributed by atoms with Crippen LogP contribution in [0.15, 0.2) is 35.4 Å².